The van der Waals surface area contributed by atoms with Crippen LogP contribution in [0.3, 0.4) is 0 Å². The molecule has 0 aromatic rings. The average molecular weight is 254 g/mol. The fourth-order valence-electron chi connectivity index (χ4n) is 2.55. The fraction of sp³-hybridized carbons (Fsp3) is 0.846. The topological polar surface area (TPSA) is 78.4 Å². The number of rotatable bonds is 6. The number of aliphatic carboxylic acids is 1. The SMILES string of the molecule is O=C(NCCC1CCC1)NCC1(C(=O)O)CCC1. The Bertz CT molecular complexity index is 322. The van der Waals surface area contributed by atoms with E-state index in [4.69, 9.17) is 5.11 Å². The molecule has 0 spiro atoms. The van der Waals surface area contributed by atoms with Crippen LogP contribution in [0.5, 0.6) is 0 Å². The van der Waals surface area contributed by atoms with Gasteiger partial charge < -0.3 is 15.7 Å². The number of carbonyl (C=O) groups is 2. The van der Waals surface area contributed by atoms with E-state index in [0.717, 1.165) is 18.8 Å². The van der Waals surface area contributed by atoms with E-state index in [1.807, 2.05) is 0 Å². The van der Waals surface area contributed by atoms with Crippen molar-refractivity contribution in [2.45, 2.75) is 44.9 Å². The Labute approximate surface area is 107 Å². The monoisotopic (exact) mass is 254 g/mol. The van der Waals surface area contributed by atoms with E-state index in [2.05, 4.69) is 10.6 Å². The number of nitrogens with one attached hydrogen (secondary N) is 2. The quantitative estimate of drug-likeness (QED) is 0.675. The normalized spacial score (nSPS) is 21.6. The molecule has 0 aliphatic heterocycles. The lowest BCUT2D eigenvalue weighted by atomic mass is 9.69. The molecule has 3 N–H and O–H groups in total. The zero-order valence-electron chi connectivity index (χ0n) is 10.7. The van der Waals surface area contributed by atoms with Gasteiger partial charge in [0.2, 0.25) is 0 Å². The maximum atomic E-state index is 11.5. The van der Waals surface area contributed by atoms with Crippen LogP contribution in [-0.4, -0.2) is 30.2 Å². The Morgan fingerprint density at radius 1 is 1.17 bits per heavy atom. The van der Waals surface area contributed by atoms with Gasteiger partial charge in [-0.2, -0.15) is 0 Å². The van der Waals surface area contributed by atoms with E-state index < -0.39 is 11.4 Å². The number of hydrogen-bond acceptors (Lipinski definition) is 2. The van der Waals surface area contributed by atoms with E-state index >= 15 is 0 Å². The van der Waals surface area contributed by atoms with Crippen molar-refractivity contribution in [1.29, 1.82) is 0 Å². The summed E-state index contributed by atoms with van der Waals surface area (Å²) in [6.07, 6.45) is 7.21. The highest BCUT2D eigenvalue weighted by molar-refractivity contribution is 5.78. The van der Waals surface area contributed by atoms with Crippen molar-refractivity contribution in [3.05, 3.63) is 0 Å². The molecule has 2 saturated carbocycles. The largest absolute Gasteiger partial charge is 0.481 e. The Balaban J connectivity index is 1.60. The first-order valence-corrected chi connectivity index (χ1v) is 6.87. The number of amides is 2. The lowest BCUT2D eigenvalue weighted by Gasteiger charge is -2.37. The van der Waals surface area contributed by atoms with E-state index in [0.29, 0.717) is 19.4 Å². The van der Waals surface area contributed by atoms with Gasteiger partial charge in [-0.15, -0.1) is 0 Å². The highest BCUT2D eigenvalue weighted by atomic mass is 16.4. The minimum Gasteiger partial charge on any atom is -0.481 e. The van der Waals surface area contributed by atoms with Crippen molar-refractivity contribution in [1.82, 2.24) is 10.6 Å². The molecule has 102 valence electrons. The van der Waals surface area contributed by atoms with Gasteiger partial charge in [0.05, 0.1) is 5.41 Å². The number of carbonyl (C=O) groups excluding carboxylic acids is 1. The van der Waals surface area contributed by atoms with E-state index in [9.17, 15) is 9.59 Å². The molecule has 5 heteroatoms. The highest BCUT2D eigenvalue weighted by Gasteiger charge is 2.44. The summed E-state index contributed by atoms with van der Waals surface area (Å²) in [5, 5.41) is 14.6. The van der Waals surface area contributed by atoms with E-state index in [1.54, 1.807) is 0 Å². The maximum Gasteiger partial charge on any atom is 0.314 e. The van der Waals surface area contributed by atoms with Crippen molar-refractivity contribution in [3.8, 4) is 0 Å². The third-order valence-electron chi connectivity index (χ3n) is 4.41. The summed E-state index contributed by atoms with van der Waals surface area (Å²) in [6.45, 7) is 0.939. The summed E-state index contributed by atoms with van der Waals surface area (Å²) in [5.74, 6) is -0.00851. The van der Waals surface area contributed by atoms with Crippen LogP contribution in [-0.2, 0) is 4.79 Å². The summed E-state index contributed by atoms with van der Waals surface area (Å²) < 4.78 is 0. The molecule has 2 fully saturated rings. The summed E-state index contributed by atoms with van der Waals surface area (Å²) >= 11 is 0. The van der Waals surface area contributed by atoms with Crippen LogP contribution in [0.15, 0.2) is 0 Å². The third-order valence-corrected chi connectivity index (χ3v) is 4.41. The standard InChI is InChI=1S/C13H22N2O3/c16-11(17)13(6-2-7-13)9-15-12(18)14-8-5-10-3-1-4-10/h10H,1-9H2,(H,16,17)(H2,14,15,18). The number of urea groups is 1. The van der Waals surface area contributed by atoms with Gasteiger partial charge in [0.15, 0.2) is 0 Å². The van der Waals surface area contributed by atoms with Crippen LogP contribution in [0.2, 0.25) is 0 Å². The second-order valence-corrected chi connectivity index (χ2v) is 5.63. The lowest BCUT2D eigenvalue weighted by molar-refractivity contribution is -0.153. The first-order valence-electron chi connectivity index (χ1n) is 6.87. The van der Waals surface area contributed by atoms with Gasteiger partial charge in [-0.1, -0.05) is 25.7 Å². The average Bonchev–Trinajstić information content (AvgIpc) is 2.19. The molecule has 0 radical (unpaired) electrons. The minimum absolute atomic E-state index is 0.234. The van der Waals surface area contributed by atoms with Gasteiger partial charge >= 0.3 is 12.0 Å². The molecule has 2 amide bonds. The summed E-state index contributed by atoms with van der Waals surface area (Å²) in [4.78, 5) is 22.6. The van der Waals surface area contributed by atoms with E-state index in [1.165, 1.54) is 19.3 Å². The van der Waals surface area contributed by atoms with Gasteiger partial charge in [0.1, 0.15) is 0 Å². The maximum absolute atomic E-state index is 11.5. The number of hydrogen-bond donors (Lipinski definition) is 3. The summed E-state index contributed by atoms with van der Waals surface area (Å²) in [7, 11) is 0. The molecule has 0 bridgehead atoms. The molecule has 0 aromatic heterocycles. The van der Waals surface area contributed by atoms with Crippen molar-refractivity contribution in [2.24, 2.45) is 11.3 Å². The Hall–Kier alpha value is -1.26. The molecular formula is C13H22N2O3. The van der Waals surface area contributed by atoms with Crippen LogP contribution in [0.1, 0.15) is 44.9 Å². The number of carboxylic acids is 1. The molecule has 2 aliphatic carbocycles. The van der Waals surface area contributed by atoms with Crippen LogP contribution >= 0.6 is 0 Å². The van der Waals surface area contributed by atoms with Gasteiger partial charge in [0, 0.05) is 13.1 Å². The van der Waals surface area contributed by atoms with Crippen LogP contribution in [0.4, 0.5) is 4.79 Å². The van der Waals surface area contributed by atoms with Gasteiger partial charge in [-0.3, -0.25) is 4.79 Å². The van der Waals surface area contributed by atoms with Crippen LogP contribution in [0, 0.1) is 11.3 Å². The van der Waals surface area contributed by atoms with Crippen molar-refractivity contribution < 1.29 is 14.7 Å². The first kappa shape index (κ1) is 13.2. The molecule has 0 atom stereocenters. The smallest absolute Gasteiger partial charge is 0.314 e. The van der Waals surface area contributed by atoms with Gasteiger partial charge in [-0.25, -0.2) is 4.79 Å². The highest BCUT2D eigenvalue weighted by Crippen LogP contribution is 2.40. The lowest BCUT2D eigenvalue weighted by Crippen LogP contribution is -2.49. The van der Waals surface area contributed by atoms with Crippen LogP contribution < -0.4 is 10.6 Å². The Morgan fingerprint density at radius 2 is 1.89 bits per heavy atom. The van der Waals surface area contributed by atoms with E-state index in [-0.39, 0.29) is 12.6 Å². The third kappa shape index (κ3) is 2.94. The molecule has 2 rings (SSSR count). The molecular weight excluding hydrogens is 232 g/mol. The molecule has 0 unspecified atom stereocenters. The zero-order valence-corrected chi connectivity index (χ0v) is 10.7. The Morgan fingerprint density at radius 3 is 2.33 bits per heavy atom. The summed E-state index contributed by atoms with van der Waals surface area (Å²) in [5.41, 5.74) is -0.703. The van der Waals surface area contributed by atoms with Crippen molar-refractivity contribution >= 4 is 12.0 Å². The zero-order chi connectivity index (χ0) is 13.0. The molecule has 0 saturated heterocycles. The van der Waals surface area contributed by atoms with Crippen molar-refractivity contribution in [3.63, 3.8) is 0 Å². The second kappa shape index (κ2) is 5.59. The molecule has 0 aromatic carbocycles. The predicted octanol–water partition coefficient (Wildman–Crippen LogP) is 1.73. The second-order valence-electron chi connectivity index (χ2n) is 5.63. The predicted molar refractivity (Wildman–Crippen MR) is 67.3 cm³/mol. The number of carboxylic acid groups (broad SMARTS) is 1. The minimum atomic E-state index is -0.788. The summed E-state index contributed by atoms with van der Waals surface area (Å²) in [6, 6.07) is -0.234. The fourth-order valence-corrected chi connectivity index (χ4v) is 2.55. The first-order chi connectivity index (χ1) is 8.62. The van der Waals surface area contributed by atoms with Crippen LogP contribution in [0.25, 0.3) is 0 Å². The molecule has 18 heavy (non-hydrogen) atoms. The van der Waals surface area contributed by atoms with Crippen molar-refractivity contribution in [2.75, 3.05) is 13.1 Å². The Kier molecular flexibility index (Phi) is 4.09. The molecule has 5 nitrogen and oxygen atoms in total. The molecule has 0 heterocycles. The molecule has 2 aliphatic rings. The van der Waals surface area contributed by atoms with Gasteiger partial charge in [0.25, 0.3) is 0 Å². The van der Waals surface area contributed by atoms with Gasteiger partial charge in [-0.05, 0) is 25.2 Å².